The van der Waals surface area contributed by atoms with Crippen molar-refractivity contribution in [3.63, 3.8) is 0 Å². The fraction of sp³-hybridized carbons (Fsp3) is 0.471. The number of carbonyl (C=O) groups is 3. The molecule has 0 bridgehead atoms. The van der Waals surface area contributed by atoms with Crippen LogP contribution >= 0.6 is 0 Å². The average molecular weight is 318 g/mol. The van der Waals surface area contributed by atoms with E-state index in [1.54, 1.807) is 0 Å². The van der Waals surface area contributed by atoms with Gasteiger partial charge >= 0.3 is 5.97 Å². The number of carbonyl (C=O) groups excluding carboxylic acids is 2. The third-order valence-corrected chi connectivity index (χ3v) is 3.99. The van der Waals surface area contributed by atoms with Crippen LogP contribution in [0.2, 0.25) is 0 Å². The Labute approximate surface area is 135 Å². The van der Waals surface area contributed by atoms with E-state index in [1.807, 2.05) is 31.2 Å². The van der Waals surface area contributed by atoms with Crippen molar-refractivity contribution in [3.8, 4) is 0 Å². The fourth-order valence-corrected chi connectivity index (χ4v) is 2.83. The number of nitrogens with one attached hydrogen (secondary N) is 1. The summed E-state index contributed by atoms with van der Waals surface area (Å²) in [6, 6.07) is 7.63. The molecule has 1 aromatic carbocycles. The van der Waals surface area contributed by atoms with Gasteiger partial charge in [0.1, 0.15) is 6.54 Å². The molecule has 1 aliphatic heterocycles. The Balaban J connectivity index is 1.93. The number of nitrogens with zero attached hydrogens (tertiary/aromatic N) is 1. The molecule has 6 nitrogen and oxygen atoms in total. The number of hydrogen-bond donors (Lipinski definition) is 2. The first-order valence-corrected chi connectivity index (χ1v) is 7.89. The van der Waals surface area contributed by atoms with Gasteiger partial charge < -0.3 is 15.3 Å². The third kappa shape index (κ3) is 4.55. The molecule has 0 fully saturated rings. The maximum atomic E-state index is 12.2. The van der Waals surface area contributed by atoms with Gasteiger partial charge in [0.2, 0.25) is 11.8 Å². The summed E-state index contributed by atoms with van der Waals surface area (Å²) in [7, 11) is 0. The molecule has 0 aliphatic carbocycles. The van der Waals surface area contributed by atoms with Crippen LogP contribution in [0.4, 0.5) is 5.69 Å². The van der Waals surface area contributed by atoms with Gasteiger partial charge in [0.25, 0.3) is 0 Å². The predicted octanol–water partition coefficient (Wildman–Crippen LogP) is 1.90. The second-order valence-corrected chi connectivity index (χ2v) is 5.80. The molecule has 1 heterocycles. The molecule has 0 saturated carbocycles. The van der Waals surface area contributed by atoms with Gasteiger partial charge in [-0.3, -0.25) is 14.4 Å². The molecule has 1 unspecified atom stereocenters. The predicted molar refractivity (Wildman–Crippen MR) is 86.0 cm³/mol. The van der Waals surface area contributed by atoms with Crippen molar-refractivity contribution < 1.29 is 19.5 Å². The minimum Gasteiger partial charge on any atom is -0.480 e. The second-order valence-electron chi connectivity index (χ2n) is 5.80. The number of fused-ring (bicyclic) bond motifs is 1. The van der Waals surface area contributed by atoms with Gasteiger partial charge in [-0.2, -0.15) is 0 Å². The number of amides is 2. The van der Waals surface area contributed by atoms with Crippen LogP contribution in [-0.2, 0) is 20.8 Å². The first-order chi connectivity index (χ1) is 11.0. The minimum atomic E-state index is -1.02. The van der Waals surface area contributed by atoms with Gasteiger partial charge in [-0.15, -0.1) is 0 Å². The maximum Gasteiger partial charge on any atom is 0.323 e. The van der Waals surface area contributed by atoms with Crippen molar-refractivity contribution in [1.29, 1.82) is 0 Å². The monoisotopic (exact) mass is 318 g/mol. The lowest BCUT2D eigenvalue weighted by Crippen LogP contribution is -2.37. The first-order valence-electron chi connectivity index (χ1n) is 7.89. The largest absolute Gasteiger partial charge is 0.480 e. The SMILES string of the molecule is CCCN(CC(=O)O)C(=O)CCC1Cc2ccccc2NC1=O. The molecule has 0 aromatic heterocycles. The van der Waals surface area contributed by atoms with E-state index in [0.29, 0.717) is 25.8 Å². The summed E-state index contributed by atoms with van der Waals surface area (Å²) in [6.07, 6.45) is 1.94. The summed E-state index contributed by atoms with van der Waals surface area (Å²) in [6.45, 7) is 2.03. The first kappa shape index (κ1) is 17.0. The van der Waals surface area contributed by atoms with Gasteiger partial charge in [-0.05, 0) is 30.9 Å². The zero-order valence-corrected chi connectivity index (χ0v) is 13.2. The highest BCUT2D eigenvalue weighted by atomic mass is 16.4. The Morgan fingerprint density at radius 1 is 1.35 bits per heavy atom. The molecule has 0 radical (unpaired) electrons. The van der Waals surface area contributed by atoms with Crippen molar-refractivity contribution in [1.82, 2.24) is 4.90 Å². The van der Waals surface area contributed by atoms with Crippen molar-refractivity contribution in [2.75, 3.05) is 18.4 Å². The number of para-hydroxylation sites is 1. The van der Waals surface area contributed by atoms with Crippen molar-refractivity contribution in [2.45, 2.75) is 32.6 Å². The Morgan fingerprint density at radius 3 is 2.78 bits per heavy atom. The van der Waals surface area contributed by atoms with Crippen LogP contribution in [-0.4, -0.2) is 40.9 Å². The standard InChI is InChI=1S/C17H22N2O4/c1-2-9-19(11-16(21)22)15(20)8-7-13-10-12-5-3-4-6-14(12)18-17(13)23/h3-6,13H,2,7-11H2,1H3,(H,18,23)(H,21,22). The van der Waals surface area contributed by atoms with E-state index >= 15 is 0 Å². The van der Waals surface area contributed by atoms with Gasteiger partial charge in [-0.1, -0.05) is 25.1 Å². The lowest BCUT2D eigenvalue weighted by Gasteiger charge is -2.25. The van der Waals surface area contributed by atoms with Crippen LogP contribution in [0, 0.1) is 5.92 Å². The maximum absolute atomic E-state index is 12.2. The summed E-state index contributed by atoms with van der Waals surface area (Å²) < 4.78 is 0. The van der Waals surface area contributed by atoms with E-state index in [9.17, 15) is 14.4 Å². The van der Waals surface area contributed by atoms with Crippen LogP contribution in [0.1, 0.15) is 31.7 Å². The number of benzene rings is 1. The molecule has 1 aromatic rings. The second kappa shape index (κ2) is 7.76. The molecule has 2 N–H and O–H groups in total. The minimum absolute atomic E-state index is 0.0724. The Bertz CT molecular complexity index is 600. The number of hydrogen-bond acceptors (Lipinski definition) is 3. The number of anilines is 1. The van der Waals surface area contributed by atoms with Gasteiger partial charge in [-0.25, -0.2) is 0 Å². The molecule has 23 heavy (non-hydrogen) atoms. The van der Waals surface area contributed by atoms with Gasteiger partial charge in [0, 0.05) is 24.6 Å². The van der Waals surface area contributed by atoms with E-state index in [1.165, 1.54) is 4.90 Å². The topological polar surface area (TPSA) is 86.7 Å². The Morgan fingerprint density at radius 2 is 2.09 bits per heavy atom. The lowest BCUT2D eigenvalue weighted by molar-refractivity contribution is -0.144. The molecule has 1 atom stereocenters. The number of carboxylic acid groups (broad SMARTS) is 1. The summed E-state index contributed by atoms with van der Waals surface area (Å²) in [4.78, 5) is 36.5. The summed E-state index contributed by atoms with van der Waals surface area (Å²) >= 11 is 0. The molecule has 0 saturated heterocycles. The number of rotatable bonds is 7. The van der Waals surface area contributed by atoms with Crippen LogP contribution in [0.25, 0.3) is 0 Å². The summed E-state index contributed by atoms with van der Waals surface area (Å²) in [5.74, 6) is -1.55. The van der Waals surface area contributed by atoms with Crippen molar-refractivity contribution in [3.05, 3.63) is 29.8 Å². The van der Waals surface area contributed by atoms with E-state index in [2.05, 4.69) is 5.32 Å². The molecular weight excluding hydrogens is 296 g/mol. The zero-order chi connectivity index (χ0) is 16.8. The summed E-state index contributed by atoms with van der Waals surface area (Å²) in [5, 5.41) is 11.7. The normalized spacial score (nSPS) is 16.4. The molecule has 6 heteroatoms. The van der Waals surface area contributed by atoms with Crippen molar-refractivity contribution in [2.24, 2.45) is 5.92 Å². The Kier molecular flexibility index (Phi) is 5.73. The van der Waals surface area contributed by atoms with Crippen LogP contribution < -0.4 is 5.32 Å². The number of carboxylic acids is 1. The highest BCUT2D eigenvalue weighted by Crippen LogP contribution is 2.27. The van der Waals surface area contributed by atoms with E-state index in [0.717, 1.165) is 11.3 Å². The zero-order valence-electron chi connectivity index (χ0n) is 13.2. The summed E-state index contributed by atoms with van der Waals surface area (Å²) in [5.41, 5.74) is 1.90. The average Bonchev–Trinajstić information content (AvgIpc) is 2.51. The lowest BCUT2D eigenvalue weighted by atomic mass is 9.89. The Hall–Kier alpha value is -2.37. The highest BCUT2D eigenvalue weighted by Gasteiger charge is 2.27. The number of aliphatic carboxylic acids is 1. The molecule has 2 amide bonds. The molecule has 124 valence electrons. The van der Waals surface area contributed by atoms with Crippen molar-refractivity contribution >= 4 is 23.5 Å². The molecule has 0 spiro atoms. The molecular formula is C17H22N2O4. The quantitative estimate of drug-likeness (QED) is 0.804. The van der Waals surface area contributed by atoms with Crippen LogP contribution in [0.15, 0.2) is 24.3 Å². The highest BCUT2D eigenvalue weighted by molar-refractivity contribution is 5.96. The smallest absolute Gasteiger partial charge is 0.323 e. The third-order valence-electron chi connectivity index (χ3n) is 3.99. The molecule has 1 aliphatic rings. The van der Waals surface area contributed by atoms with Gasteiger partial charge in [0.05, 0.1) is 0 Å². The van der Waals surface area contributed by atoms with E-state index in [4.69, 9.17) is 5.11 Å². The van der Waals surface area contributed by atoms with E-state index in [-0.39, 0.29) is 30.7 Å². The van der Waals surface area contributed by atoms with Gasteiger partial charge in [0.15, 0.2) is 0 Å². The fourth-order valence-electron chi connectivity index (χ4n) is 2.83. The van der Waals surface area contributed by atoms with Crippen LogP contribution in [0.3, 0.4) is 0 Å². The molecule has 2 rings (SSSR count). The van der Waals surface area contributed by atoms with E-state index < -0.39 is 5.97 Å². The van der Waals surface area contributed by atoms with Crippen LogP contribution in [0.5, 0.6) is 0 Å².